The molecule has 1 aromatic carbocycles. The van der Waals surface area contributed by atoms with Crippen LogP contribution >= 0.6 is 0 Å². The number of anilines is 2. The SMILES string of the molecule is CCS(=O)(=O)N1CC=CC=C1C1(Cc2c(OC)c(OC)cc3nc(NC)nc(N)c23)CCNCC1. The number of sulfonamides is 1. The molecule has 0 unspecified atom stereocenters. The van der Waals surface area contributed by atoms with Gasteiger partial charge < -0.3 is 25.8 Å². The maximum Gasteiger partial charge on any atom is 0.234 e. The molecule has 35 heavy (non-hydrogen) atoms. The summed E-state index contributed by atoms with van der Waals surface area (Å²) in [5.41, 5.74) is 8.23. The van der Waals surface area contributed by atoms with Crippen LogP contribution in [0, 0.1) is 5.41 Å². The van der Waals surface area contributed by atoms with E-state index < -0.39 is 15.4 Å². The molecule has 0 saturated carbocycles. The van der Waals surface area contributed by atoms with Crippen LogP contribution in [0.4, 0.5) is 11.8 Å². The third kappa shape index (κ3) is 4.50. The molecule has 4 rings (SSSR count). The highest BCUT2D eigenvalue weighted by atomic mass is 32.2. The van der Waals surface area contributed by atoms with Crippen molar-refractivity contribution < 1.29 is 17.9 Å². The van der Waals surface area contributed by atoms with Crippen molar-refractivity contribution in [2.45, 2.75) is 26.2 Å². The molecule has 3 heterocycles. The van der Waals surface area contributed by atoms with Gasteiger partial charge in [-0.3, -0.25) is 4.31 Å². The highest BCUT2D eigenvalue weighted by Crippen LogP contribution is 2.48. The molecule has 0 atom stereocenters. The smallest absolute Gasteiger partial charge is 0.234 e. The van der Waals surface area contributed by atoms with E-state index in [4.69, 9.17) is 15.2 Å². The summed E-state index contributed by atoms with van der Waals surface area (Å²) in [5.74, 6) is 1.86. The number of rotatable bonds is 8. The van der Waals surface area contributed by atoms with Crippen LogP contribution in [-0.2, 0) is 16.4 Å². The van der Waals surface area contributed by atoms with Crippen molar-refractivity contribution in [3.8, 4) is 11.5 Å². The van der Waals surface area contributed by atoms with E-state index in [1.54, 1.807) is 38.6 Å². The number of hydrogen-bond acceptors (Lipinski definition) is 9. The van der Waals surface area contributed by atoms with Gasteiger partial charge in [0.25, 0.3) is 0 Å². The molecule has 10 nitrogen and oxygen atoms in total. The molecule has 4 N–H and O–H groups in total. The fraction of sp³-hybridized carbons (Fsp3) is 0.500. The Bertz CT molecular complexity index is 1270. The zero-order chi connectivity index (χ0) is 25.2. The first kappa shape index (κ1) is 25.1. The minimum Gasteiger partial charge on any atom is -0.493 e. The lowest BCUT2D eigenvalue weighted by Gasteiger charge is -2.45. The second-order valence-corrected chi connectivity index (χ2v) is 11.0. The second-order valence-electron chi connectivity index (χ2n) is 8.79. The van der Waals surface area contributed by atoms with E-state index in [9.17, 15) is 8.42 Å². The van der Waals surface area contributed by atoms with E-state index in [1.165, 1.54) is 0 Å². The number of nitrogens with one attached hydrogen (secondary N) is 2. The van der Waals surface area contributed by atoms with Crippen molar-refractivity contribution in [1.29, 1.82) is 0 Å². The average Bonchev–Trinajstić information content (AvgIpc) is 2.88. The van der Waals surface area contributed by atoms with Gasteiger partial charge in [0, 0.05) is 35.2 Å². The molecule has 1 aromatic heterocycles. The van der Waals surface area contributed by atoms with E-state index in [1.807, 2.05) is 18.2 Å². The van der Waals surface area contributed by atoms with Crippen LogP contribution in [0.15, 0.2) is 30.0 Å². The Morgan fingerprint density at radius 1 is 1.23 bits per heavy atom. The molecule has 0 spiro atoms. The van der Waals surface area contributed by atoms with Gasteiger partial charge in [-0.15, -0.1) is 0 Å². The lowest BCUT2D eigenvalue weighted by atomic mass is 9.70. The molecule has 2 aliphatic rings. The number of piperidine rings is 1. The number of allylic oxidation sites excluding steroid dienone is 3. The number of ether oxygens (including phenoxy) is 2. The number of benzene rings is 1. The predicted molar refractivity (Wildman–Crippen MR) is 138 cm³/mol. The highest BCUT2D eigenvalue weighted by Gasteiger charge is 2.43. The van der Waals surface area contributed by atoms with Crippen molar-refractivity contribution in [2.24, 2.45) is 5.41 Å². The topological polar surface area (TPSA) is 132 Å². The summed E-state index contributed by atoms with van der Waals surface area (Å²) in [6, 6.07) is 1.79. The molecule has 11 heteroatoms. The largest absolute Gasteiger partial charge is 0.493 e. The van der Waals surface area contributed by atoms with Crippen LogP contribution in [0.5, 0.6) is 11.5 Å². The molecule has 2 aliphatic heterocycles. The van der Waals surface area contributed by atoms with E-state index in [0.717, 1.165) is 37.2 Å². The zero-order valence-electron chi connectivity index (χ0n) is 20.7. The van der Waals surface area contributed by atoms with Gasteiger partial charge in [0.2, 0.25) is 16.0 Å². The van der Waals surface area contributed by atoms with Crippen LogP contribution in [0.2, 0.25) is 0 Å². The van der Waals surface area contributed by atoms with Gasteiger partial charge in [0.05, 0.1) is 32.0 Å². The van der Waals surface area contributed by atoms with Crippen LogP contribution in [0.1, 0.15) is 25.3 Å². The number of nitrogens with zero attached hydrogens (tertiary/aromatic N) is 3. The van der Waals surface area contributed by atoms with E-state index >= 15 is 0 Å². The predicted octanol–water partition coefficient (Wildman–Crippen LogP) is 2.29. The number of methoxy groups -OCH3 is 2. The minimum atomic E-state index is -3.46. The lowest BCUT2D eigenvalue weighted by molar-refractivity contribution is 0.211. The van der Waals surface area contributed by atoms with Crippen molar-refractivity contribution in [1.82, 2.24) is 19.6 Å². The fourth-order valence-corrected chi connectivity index (χ4v) is 6.32. The van der Waals surface area contributed by atoms with Gasteiger partial charge in [0.1, 0.15) is 5.82 Å². The van der Waals surface area contributed by atoms with Crippen molar-refractivity contribution >= 4 is 32.7 Å². The second kappa shape index (κ2) is 9.90. The molecule has 0 bridgehead atoms. The van der Waals surface area contributed by atoms with Gasteiger partial charge >= 0.3 is 0 Å². The van der Waals surface area contributed by atoms with E-state index in [2.05, 4.69) is 20.6 Å². The number of nitrogens with two attached hydrogens (primary N) is 1. The maximum atomic E-state index is 13.1. The van der Waals surface area contributed by atoms with Gasteiger partial charge in [-0.25, -0.2) is 13.4 Å². The summed E-state index contributed by atoms with van der Waals surface area (Å²) in [7, 11) is 1.46. The first-order valence-electron chi connectivity index (χ1n) is 11.8. The van der Waals surface area contributed by atoms with Crippen LogP contribution in [0.25, 0.3) is 10.9 Å². The zero-order valence-corrected chi connectivity index (χ0v) is 21.5. The first-order chi connectivity index (χ1) is 16.8. The molecule has 0 aliphatic carbocycles. The summed E-state index contributed by atoms with van der Waals surface area (Å²) in [6.07, 6.45) is 7.75. The number of aromatic nitrogens is 2. The highest BCUT2D eigenvalue weighted by molar-refractivity contribution is 7.89. The van der Waals surface area contributed by atoms with E-state index in [-0.39, 0.29) is 5.75 Å². The third-order valence-corrected chi connectivity index (χ3v) is 8.68. The van der Waals surface area contributed by atoms with Gasteiger partial charge in [-0.1, -0.05) is 12.2 Å². The van der Waals surface area contributed by atoms with Crippen LogP contribution in [-0.4, -0.2) is 69.3 Å². The first-order valence-corrected chi connectivity index (χ1v) is 13.4. The van der Waals surface area contributed by atoms with Gasteiger partial charge in [0.15, 0.2) is 11.5 Å². The molecule has 2 aromatic rings. The Hall–Kier alpha value is -3.05. The van der Waals surface area contributed by atoms with Crippen molar-refractivity contribution in [3.63, 3.8) is 0 Å². The maximum absolute atomic E-state index is 13.1. The fourth-order valence-electron chi connectivity index (χ4n) is 5.14. The molecular weight excluding hydrogens is 468 g/mol. The number of nitrogen functional groups attached to an aromatic ring is 1. The Kier molecular flexibility index (Phi) is 7.09. The number of hydrogen-bond donors (Lipinski definition) is 3. The molecule has 1 fully saturated rings. The molecule has 0 amide bonds. The Labute approximate surface area is 206 Å². The molecule has 190 valence electrons. The molecule has 0 radical (unpaired) electrons. The standard InChI is InChI=1S/C24H34N6O4S/c1-5-35(31,32)30-13-7-6-8-19(30)24(9-11-27-12-10-24)15-16-20-17(14-18(33-3)21(16)34-4)28-23(26-2)29-22(20)25/h6-8,14,27H,5,9-13,15H2,1-4H3,(H3,25,26,28,29). The quantitative estimate of drug-likeness (QED) is 0.497. The minimum absolute atomic E-state index is 0.0332. The summed E-state index contributed by atoms with van der Waals surface area (Å²) in [5, 5.41) is 7.05. The Morgan fingerprint density at radius 2 is 1.97 bits per heavy atom. The van der Waals surface area contributed by atoms with Crippen molar-refractivity contribution in [3.05, 3.63) is 35.6 Å². The summed E-state index contributed by atoms with van der Waals surface area (Å²) in [4.78, 5) is 9.03. The average molecular weight is 503 g/mol. The summed E-state index contributed by atoms with van der Waals surface area (Å²) < 4.78 is 39.3. The van der Waals surface area contributed by atoms with Crippen molar-refractivity contribution in [2.75, 3.05) is 57.7 Å². The number of fused-ring (bicyclic) bond motifs is 1. The van der Waals surface area contributed by atoms with Crippen LogP contribution in [0.3, 0.4) is 0 Å². The normalized spacial score (nSPS) is 17.8. The van der Waals surface area contributed by atoms with Gasteiger partial charge in [-0.2, -0.15) is 4.98 Å². The monoisotopic (exact) mass is 502 g/mol. The Morgan fingerprint density at radius 3 is 2.60 bits per heavy atom. The van der Waals surface area contributed by atoms with Gasteiger partial charge in [-0.05, 0) is 45.4 Å². The molecule has 1 saturated heterocycles. The summed E-state index contributed by atoms with van der Waals surface area (Å²) in [6.45, 7) is 3.53. The summed E-state index contributed by atoms with van der Waals surface area (Å²) >= 11 is 0. The Balaban J connectivity index is 1.96. The lowest BCUT2D eigenvalue weighted by Crippen LogP contribution is -2.47. The van der Waals surface area contributed by atoms with Crippen LogP contribution < -0.4 is 25.8 Å². The molecular formula is C24H34N6O4S. The third-order valence-electron chi connectivity index (χ3n) is 6.93. The van der Waals surface area contributed by atoms with E-state index in [0.29, 0.717) is 47.1 Å².